The second kappa shape index (κ2) is 7.34. The Kier molecular flexibility index (Phi) is 4.45. The average Bonchev–Trinajstić information content (AvgIpc) is 3.44. The zero-order valence-electron chi connectivity index (χ0n) is 16.8. The number of nitrogens with zero attached hydrogens (tertiary/aromatic N) is 3. The normalized spacial score (nSPS) is 17.5. The van der Waals surface area contributed by atoms with Crippen LogP contribution in [0.3, 0.4) is 0 Å². The number of carbonyl (C=O) groups is 6. The fourth-order valence-electron chi connectivity index (χ4n) is 3.80. The second-order valence-electron chi connectivity index (χ2n) is 7.29. The molecule has 160 valence electrons. The molecular weight excluding hydrogens is 426 g/mol. The minimum absolute atomic E-state index is 0.0797. The van der Waals surface area contributed by atoms with Crippen LogP contribution in [0.15, 0.2) is 78.9 Å². The van der Waals surface area contributed by atoms with E-state index in [-0.39, 0.29) is 11.4 Å². The molecule has 9 heteroatoms. The van der Waals surface area contributed by atoms with Crippen molar-refractivity contribution in [2.45, 2.75) is 0 Å². The van der Waals surface area contributed by atoms with Gasteiger partial charge in [-0.1, -0.05) is 18.2 Å². The van der Waals surface area contributed by atoms with E-state index in [1.54, 1.807) is 30.3 Å². The fraction of sp³-hybridized carbons (Fsp3) is 0. The highest BCUT2D eigenvalue weighted by Crippen LogP contribution is 2.37. The summed E-state index contributed by atoms with van der Waals surface area (Å²) in [5, 5.41) is 0. The van der Waals surface area contributed by atoms with E-state index in [9.17, 15) is 28.8 Å². The van der Waals surface area contributed by atoms with Gasteiger partial charge < -0.3 is 0 Å². The van der Waals surface area contributed by atoms with Crippen LogP contribution in [0.4, 0.5) is 17.1 Å². The van der Waals surface area contributed by atoms with Gasteiger partial charge in [-0.05, 0) is 35.4 Å². The quantitative estimate of drug-likeness (QED) is 0.670. The van der Waals surface area contributed by atoms with E-state index in [4.69, 9.17) is 0 Å². The van der Waals surface area contributed by atoms with Gasteiger partial charge in [0.2, 0.25) is 0 Å². The Hall–Kier alpha value is -4.92. The van der Waals surface area contributed by atoms with Crippen molar-refractivity contribution >= 4 is 52.5 Å². The average molecular weight is 439 g/mol. The number of rotatable bonds is 4. The first kappa shape index (κ1) is 20.0. The number of hydrogen-bond donors (Lipinski definition) is 0. The predicted molar refractivity (Wildman–Crippen MR) is 117 cm³/mol. The fourth-order valence-corrected chi connectivity index (χ4v) is 3.80. The molecule has 0 saturated carbocycles. The van der Waals surface area contributed by atoms with Crippen molar-refractivity contribution in [3.05, 3.63) is 78.9 Å². The van der Waals surface area contributed by atoms with E-state index >= 15 is 0 Å². The molecule has 0 radical (unpaired) electrons. The molecule has 0 aromatic heterocycles. The Balaban J connectivity index is 1.56. The van der Waals surface area contributed by atoms with Gasteiger partial charge in [0.15, 0.2) is 0 Å². The summed E-state index contributed by atoms with van der Waals surface area (Å²) in [6.45, 7) is 0. The van der Waals surface area contributed by atoms with E-state index in [1.807, 2.05) is 0 Å². The lowest BCUT2D eigenvalue weighted by Gasteiger charge is -2.24. The Morgan fingerprint density at radius 2 is 0.788 bits per heavy atom. The molecule has 3 aliphatic heterocycles. The van der Waals surface area contributed by atoms with Gasteiger partial charge in [0.25, 0.3) is 35.4 Å². The highest BCUT2D eigenvalue weighted by Gasteiger charge is 2.34. The zero-order chi connectivity index (χ0) is 23.3. The van der Waals surface area contributed by atoms with Crippen molar-refractivity contribution in [3.8, 4) is 11.1 Å². The van der Waals surface area contributed by atoms with Crippen LogP contribution in [-0.2, 0) is 28.8 Å². The molecule has 2 aromatic rings. The van der Waals surface area contributed by atoms with Gasteiger partial charge in [0, 0.05) is 36.5 Å². The number of hydrogen-bond acceptors (Lipinski definition) is 6. The SMILES string of the molecule is O=C1C=CC(=O)N1c1ccc(-c2ccc(N3C(=O)C=CC3=O)c(N3C(=O)C=CC3=O)c2)cc1. The molecule has 6 amide bonds. The molecule has 0 spiro atoms. The maximum Gasteiger partial charge on any atom is 0.258 e. The topological polar surface area (TPSA) is 112 Å². The maximum absolute atomic E-state index is 12.4. The van der Waals surface area contributed by atoms with Gasteiger partial charge in [-0.15, -0.1) is 0 Å². The molecule has 9 nitrogen and oxygen atoms in total. The molecule has 3 aliphatic rings. The van der Waals surface area contributed by atoms with Gasteiger partial charge >= 0.3 is 0 Å². The van der Waals surface area contributed by atoms with Gasteiger partial charge in [-0.3, -0.25) is 28.8 Å². The van der Waals surface area contributed by atoms with Crippen LogP contribution < -0.4 is 14.7 Å². The molecular formula is C24H13N3O6. The van der Waals surface area contributed by atoms with Crippen LogP contribution >= 0.6 is 0 Å². The summed E-state index contributed by atoms with van der Waals surface area (Å²) in [6.07, 6.45) is 6.82. The highest BCUT2D eigenvalue weighted by atomic mass is 16.2. The van der Waals surface area contributed by atoms with E-state index < -0.39 is 35.4 Å². The lowest BCUT2D eigenvalue weighted by atomic mass is 10.0. The lowest BCUT2D eigenvalue weighted by molar-refractivity contribution is -0.122. The van der Waals surface area contributed by atoms with Crippen LogP contribution in [0.1, 0.15) is 0 Å². The Morgan fingerprint density at radius 1 is 0.394 bits per heavy atom. The number of imide groups is 3. The first-order valence-corrected chi connectivity index (χ1v) is 9.78. The maximum atomic E-state index is 12.4. The molecule has 2 aromatic carbocycles. The molecule has 3 heterocycles. The van der Waals surface area contributed by atoms with Crippen LogP contribution in [0.25, 0.3) is 11.1 Å². The summed E-state index contributed by atoms with van der Waals surface area (Å²) in [5.41, 5.74) is 1.81. The van der Waals surface area contributed by atoms with Crippen LogP contribution in [0.2, 0.25) is 0 Å². The molecule has 5 rings (SSSR count). The molecule has 33 heavy (non-hydrogen) atoms. The Bertz CT molecular complexity index is 1330. The Labute approximate surface area is 186 Å². The van der Waals surface area contributed by atoms with Gasteiger partial charge in [-0.25, -0.2) is 14.7 Å². The van der Waals surface area contributed by atoms with E-state index in [2.05, 4.69) is 0 Å². The third kappa shape index (κ3) is 3.19. The summed E-state index contributed by atoms with van der Waals surface area (Å²) in [7, 11) is 0. The van der Waals surface area contributed by atoms with Gasteiger partial charge in [0.05, 0.1) is 17.1 Å². The minimum atomic E-state index is -0.598. The van der Waals surface area contributed by atoms with E-state index in [0.29, 0.717) is 16.8 Å². The molecule has 0 bridgehead atoms. The van der Waals surface area contributed by atoms with E-state index in [0.717, 1.165) is 39.0 Å². The standard InChI is InChI=1S/C24H13N3O6/c28-19-7-8-20(29)25(19)16-4-1-14(2-5-16)15-3-6-17(26-21(30)9-10-22(26)31)18(13-15)27-23(32)11-12-24(27)33/h1-13H. The minimum Gasteiger partial charge on any atom is -0.269 e. The third-order valence-corrected chi connectivity index (χ3v) is 5.34. The molecule has 0 aliphatic carbocycles. The number of carbonyl (C=O) groups excluding carboxylic acids is 6. The number of amides is 6. The van der Waals surface area contributed by atoms with Crippen molar-refractivity contribution in [2.24, 2.45) is 0 Å². The third-order valence-electron chi connectivity index (χ3n) is 5.34. The van der Waals surface area contributed by atoms with Crippen LogP contribution in [0.5, 0.6) is 0 Å². The molecule has 0 saturated heterocycles. The number of benzene rings is 2. The van der Waals surface area contributed by atoms with Crippen molar-refractivity contribution < 1.29 is 28.8 Å². The zero-order valence-corrected chi connectivity index (χ0v) is 16.8. The highest BCUT2D eigenvalue weighted by molar-refractivity contribution is 6.33. The predicted octanol–water partition coefficient (Wildman–Crippen LogP) is 1.64. The first-order valence-electron chi connectivity index (χ1n) is 9.78. The van der Waals surface area contributed by atoms with Crippen molar-refractivity contribution in [3.63, 3.8) is 0 Å². The van der Waals surface area contributed by atoms with E-state index in [1.165, 1.54) is 24.3 Å². The largest absolute Gasteiger partial charge is 0.269 e. The van der Waals surface area contributed by atoms with Crippen LogP contribution in [-0.4, -0.2) is 35.4 Å². The monoisotopic (exact) mass is 439 g/mol. The summed E-state index contributed by atoms with van der Waals surface area (Å²) in [6, 6.07) is 11.2. The van der Waals surface area contributed by atoms with Gasteiger partial charge in [0.1, 0.15) is 0 Å². The summed E-state index contributed by atoms with van der Waals surface area (Å²) in [4.78, 5) is 75.8. The molecule has 0 N–H and O–H groups in total. The smallest absolute Gasteiger partial charge is 0.258 e. The molecule has 0 unspecified atom stereocenters. The Morgan fingerprint density at radius 3 is 1.27 bits per heavy atom. The van der Waals surface area contributed by atoms with Crippen molar-refractivity contribution in [1.29, 1.82) is 0 Å². The van der Waals surface area contributed by atoms with Crippen LogP contribution in [0, 0.1) is 0 Å². The summed E-state index contributed by atoms with van der Waals surface area (Å²) < 4.78 is 0. The summed E-state index contributed by atoms with van der Waals surface area (Å²) >= 11 is 0. The molecule has 0 atom stereocenters. The first-order chi connectivity index (χ1) is 15.8. The molecule has 0 fully saturated rings. The van der Waals surface area contributed by atoms with Gasteiger partial charge in [-0.2, -0.15) is 0 Å². The number of anilines is 3. The summed E-state index contributed by atoms with van der Waals surface area (Å²) in [5.74, 6) is -3.24. The second-order valence-corrected chi connectivity index (χ2v) is 7.29. The lowest BCUT2D eigenvalue weighted by Crippen LogP contribution is -2.35. The van der Waals surface area contributed by atoms with Crippen molar-refractivity contribution in [2.75, 3.05) is 14.7 Å². The van der Waals surface area contributed by atoms with Crippen molar-refractivity contribution in [1.82, 2.24) is 0 Å².